The Morgan fingerprint density at radius 2 is 1.61 bits per heavy atom. The van der Waals surface area contributed by atoms with Crippen LogP contribution in [0.3, 0.4) is 0 Å². The molecule has 0 aromatic carbocycles. The van der Waals surface area contributed by atoms with Crippen LogP contribution in [0.5, 0.6) is 0 Å². The van der Waals surface area contributed by atoms with Crippen molar-refractivity contribution in [2.75, 3.05) is 13.2 Å². The summed E-state index contributed by atoms with van der Waals surface area (Å²) in [6.07, 6.45) is 8.00. The first-order valence-corrected chi connectivity index (χ1v) is 17.1. The van der Waals surface area contributed by atoms with Crippen LogP contribution in [-0.2, 0) is 6.54 Å². The van der Waals surface area contributed by atoms with Crippen LogP contribution in [0.25, 0.3) is 0 Å². The van der Waals surface area contributed by atoms with E-state index in [0.717, 1.165) is 6.54 Å². The zero-order chi connectivity index (χ0) is 17.0. The van der Waals surface area contributed by atoms with Gasteiger partial charge in [0.25, 0.3) is 0 Å². The monoisotopic (exact) mass is 431 g/mol. The molecule has 0 aliphatic carbocycles. The number of aromatic nitrogens is 2. The van der Waals surface area contributed by atoms with Crippen molar-refractivity contribution in [3.05, 3.63) is 11.8 Å². The molecule has 0 fully saturated rings. The summed E-state index contributed by atoms with van der Waals surface area (Å²) in [6.45, 7) is 8.55. The van der Waals surface area contributed by atoms with Crippen molar-refractivity contribution in [3.8, 4) is 0 Å². The molecule has 1 rings (SSSR count). The number of nitrogens with zero attached hydrogens (tertiary/aromatic N) is 1. The van der Waals surface area contributed by atoms with Crippen molar-refractivity contribution in [1.82, 2.24) is 15.5 Å². The van der Waals surface area contributed by atoms with E-state index in [4.69, 9.17) is 10.2 Å². The van der Waals surface area contributed by atoms with Gasteiger partial charge in [-0.1, -0.05) is 0 Å². The minimum atomic E-state index is -2.36. The van der Waals surface area contributed by atoms with E-state index >= 15 is 0 Å². The Hall–Kier alpha value is -0.0713. The standard InChI is InChI=1S/C6H10N3O.3C4H9.Sn/c10-4-3-7-5-6-1-2-8-9-6;3*1-3-4-2;/h1,7,10H,3-5H2,(H,8,9);3*1,3-4H2,2H3;. The van der Waals surface area contributed by atoms with Crippen molar-refractivity contribution in [1.29, 1.82) is 0 Å². The summed E-state index contributed by atoms with van der Waals surface area (Å²) in [4.78, 5) is 0. The molecule has 0 unspecified atom stereocenters. The van der Waals surface area contributed by atoms with E-state index < -0.39 is 18.4 Å². The molecule has 0 spiro atoms. The Kier molecular flexibility index (Phi) is 11.2. The first-order chi connectivity index (χ1) is 11.2. The second-order valence-electron chi connectivity index (χ2n) is 6.77. The molecule has 1 heterocycles. The Bertz CT molecular complexity index is 387. The summed E-state index contributed by atoms with van der Waals surface area (Å²) in [6, 6.07) is 2.35. The van der Waals surface area contributed by atoms with Crippen molar-refractivity contribution in [2.45, 2.75) is 79.2 Å². The Morgan fingerprint density at radius 3 is 2.09 bits per heavy atom. The van der Waals surface area contributed by atoms with Crippen LogP contribution in [-0.4, -0.2) is 46.8 Å². The van der Waals surface area contributed by atoms with E-state index in [1.807, 2.05) is 0 Å². The fraction of sp³-hybridized carbons (Fsp3) is 0.833. The van der Waals surface area contributed by atoms with Crippen molar-refractivity contribution in [2.24, 2.45) is 0 Å². The zero-order valence-corrected chi connectivity index (χ0v) is 18.3. The Balaban J connectivity index is 2.89. The number of rotatable bonds is 14. The van der Waals surface area contributed by atoms with Crippen molar-refractivity contribution < 1.29 is 5.11 Å². The van der Waals surface area contributed by atoms with Gasteiger partial charge in [0, 0.05) is 0 Å². The number of nitrogens with one attached hydrogen (secondary N) is 2. The fourth-order valence-electron chi connectivity index (χ4n) is 3.33. The topological polar surface area (TPSA) is 60.9 Å². The summed E-state index contributed by atoms with van der Waals surface area (Å²) < 4.78 is 5.84. The first kappa shape index (κ1) is 21.0. The van der Waals surface area contributed by atoms with Crippen molar-refractivity contribution in [3.63, 3.8) is 0 Å². The molecule has 4 nitrogen and oxygen atoms in total. The van der Waals surface area contributed by atoms with E-state index in [-0.39, 0.29) is 6.61 Å². The third-order valence-corrected chi connectivity index (χ3v) is 19.9. The molecule has 1 aromatic heterocycles. The molecule has 3 N–H and O–H groups in total. The average Bonchev–Trinajstić information content (AvgIpc) is 3.04. The molecule has 0 aliphatic heterocycles. The summed E-state index contributed by atoms with van der Waals surface area (Å²) >= 11 is -2.36. The molecule has 0 bridgehead atoms. The third kappa shape index (κ3) is 7.14. The Morgan fingerprint density at radius 1 is 1.04 bits per heavy atom. The molecule has 1 aromatic rings. The van der Waals surface area contributed by atoms with Gasteiger partial charge in [0.2, 0.25) is 0 Å². The maximum atomic E-state index is 8.89. The maximum absolute atomic E-state index is 8.89. The van der Waals surface area contributed by atoms with Crippen LogP contribution in [0.2, 0.25) is 13.3 Å². The quantitative estimate of drug-likeness (QED) is 0.313. The predicted molar refractivity (Wildman–Crippen MR) is 102 cm³/mol. The normalized spacial score (nSPS) is 12.0. The van der Waals surface area contributed by atoms with E-state index in [0.29, 0.717) is 6.54 Å². The minimum absolute atomic E-state index is 0.188. The SMILES string of the molecule is CCC[CH2][Sn]([CH2]CCC)([CH2]CCC)[c]1cc(CNCCO)[nH]n1. The van der Waals surface area contributed by atoms with Crippen LogP contribution in [0, 0.1) is 0 Å². The fourth-order valence-corrected chi connectivity index (χ4v) is 18.7. The second kappa shape index (κ2) is 12.3. The van der Waals surface area contributed by atoms with Gasteiger partial charge >= 0.3 is 147 Å². The van der Waals surface area contributed by atoms with Gasteiger partial charge in [-0.25, -0.2) is 0 Å². The number of hydrogen-bond acceptors (Lipinski definition) is 3. The van der Waals surface area contributed by atoms with Crippen molar-refractivity contribution >= 4 is 22.1 Å². The van der Waals surface area contributed by atoms with Crippen LogP contribution in [0.4, 0.5) is 0 Å². The van der Waals surface area contributed by atoms with Gasteiger partial charge in [0.1, 0.15) is 0 Å². The molecule has 134 valence electrons. The van der Waals surface area contributed by atoms with Gasteiger partial charge < -0.3 is 0 Å². The summed E-state index contributed by atoms with van der Waals surface area (Å²) in [5.74, 6) is 0. The molecule has 0 atom stereocenters. The third-order valence-electron chi connectivity index (χ3n) is 4.80. The summed E-state index contributed by atoms with van der Waals surface area (Å²) in [7, 11) is 0. The van der Waals surface area contributed by atoms with E-state index in [1.54, 1.807) is 0 Å². The van der Waals surface area contributed by atoms with Gasteiger partial charge in [-0.15, -0.1) is 0 Å². The number of H-pyrrole nitrogens is 1. The van der Waals surface area contributed by atoms with Gasteiger partial charge in [-0.2, -0.15) is 0 Å². The molecule has 0 aliphatic rings. The number of unbranched alkanes of at least 4 members (excludes halogenated alkanes) is 3. The van der Waals surface area contributed by atoms with Gasteiger partial charge in [0.15, 0.2) is 0 Å². The second-order valence-corrected chi connectivity index (χ2v) is 19.8. The number of aliphatic hydroxyl groups is 1. The van der Waals surface area contributed by atoms with Gasteiger partial charge in [0.05, 0.1) is 0 Å². The number of aliphatic hydroxyl groups excluding tert-OH is 1. The van der Waals surface area contributed by atoms with Crippen LogP contribution in [0.1, 0.15) is 65.0 Å². The Labute approximate surface area is 146 Å². The van der Waals surface area contributed by atoms with E-state index in [9.17, 15) is 0 Å². The number of hydrogen-bond donors (Lipinski definition) is 3. The predicted octanol–water partition coefficient (Wildman–Crippen LogP) is 3.55. The zero-order valence-electron chi connectivity index (χ0n) is 15.5. The molecule has 0 amide bonds. The average molecular weight is 430 g/mol. The molecule has 0 saturated carbocycles. The summed E-state index contributed by atoms with van der Waals surface area (Å²) in [5, 5.41) is 20.2. The first-order valence-electron chi connectivity index (χ1n) is 9.58. The summed E-state index contributed by atoms with van der Waals surface area (Å²) in [5.41, 5.74) is 1.18. The molecular weight excluding hydrogens is 393 g/mol. The van der Waals surface area contributed by atoms with Gasteiger partial charge in [-0.05, 0) is 0 Å². The van der Waals surface area contributed by atoms with Crippen LogP contribution < -0.4 is 9.03 Å². The van der Waals surface area contributed by atoms with Gasteiger partial charge in [-0.3, -0.25) is 0 Å². The molecular formula is C18H37N3OSn. The van der Waals surface area contributed by atoms with E-state index in [2.05, 4.69) is 37.3 Å². The van der Waals surface area contributed by atoms with E-state index in [1.165, 1.54) is 61.2 Å². The van der Waals surface area contributed by atoms with Crippen LogP contribution in [0.15, 0.2) is 6.07 Å². The molecule has 0 radical (unpaired) electrons. The molecule has 5 heteroatoms. The van der Waals surface area contributed by atoms with Crippen LogP contribution >= 0.6 is 0 Å². The molecule has 23 heavy (non-hydrogen) atoms. The number of aromatic amines is 1. The molecule has 0 saturated heterocycles.